The summed E-state index contributed by atoms with van der Waals surface area (Å²) < 4.78 is 17.0. The predicted octanol–water partition coefficient (Wildman–Crippen LogP) is 24.1. The fourth-order valence-corrected chi connectivity index (χ4v) is 10.3. The maximum absolute atomic E-state index is 12.9. The fraction of sp³-hybridized carbons (Fsp3) is 0.797. The highest BCUT2D eigenvalue weighted by Crippen LogP contribution is 2.18. The number of carbonyl (C=O) groups is 3. The van der Waals surface area contributed by atoms with Crippen LogP contribution in [0.5, 0.6) is 0 Å². The molecule has 6 heteroatoms. The quantitative estimate of drug-likeness (QED) is 0.0261. The molecule has 1 unspecified atom stereocenters. The van der Waals surface area contributed by atoms with Gasteiger partial charge in [-0.3, -0.25) is 14.4 Å². The molecule has 0 spiro atoms. The first kappa shape index (κ1) is 76.9. The first-order valence-corrected chi connectivity index (χ1v) is 34.9. The Balaban J connectivity index is 4.30. The number of unbranched alkanes of at least 4 members (excludes halogenated alkanes) is 41. The Morgan fingerprint density at radius 2 is 0.487 bits per heavy atom. The average molecular weight is 1120 g/mol. The van der Waals surface area contributed by atoms with Crippen molar-refractivity contribution in [2.45, 2.75) is 367 Å². The van der Waals surface area contributed by atoms with E-state index in [9.17, 15) is 14.4 Å². The lowest BCUT2D eigenvalue weighted by molar-refractivity contribution is -0.167. The van der Waals surface area contributed by atoms with E-state index in [2.05, 4.69) is 93.7 Å². The molecule has 0 aromatic heterocycles. The summed E-state index contributed by atoms with van der Waals surface area (Å²) >= 11 is 0. The van der Waals surface area contributed by atoms with Crippen molar-refractivity contribution in [1.29, 1.82) is 0 Å². The zero-order valence-corrected chi connectivity index (χ0v) is 53.3. The molecular formula is C74H132O6. The van der Waals surface area contributed by atoms with Gasteiger partial charge in [0, 0.05) is 19.3 Å². The Bertz CT molecular complexity index is 1470. The first-order valence-electron chi connectivity index (χ1n) is 34.9. The third kappa shape index (κ3) is 65.7. The second-order valence-corrected chi connectivity index (χ2v) is 23.4. The van der Waals surface area contributed by atoms with Gasteiger partial charge in [-0.2, -0.15) is 0 Å². The number of allylic oxidation sites excluding steroid dienone is 12. The van der Waals surface area contributed by atoms with Crippen LogP contribution in [0.25, 0.3) is 0 Å². The predicted molar refractivity (Wildman–Crippen MR) is 348 cm³/mol. The molecule has 0 saturated heterocycles. The molecule has 6 nitrogen and oxygen atoms in total. The van der Waals surface area contributed by atoms with Crippen LogP contribution in [0.1, 0.15) is 361 Å². The van der Waals surface area contributed by atoms with E-state index >= 15 is 0 Å². The van der Waals surface area contributed by atoms with Gasteiger partial charge in [0.05, 0.1) is 0 Å². The van der Waals surface area contributed by atoms with Crippen LogP contribution in [-0.2, 0) is 28.6 Å². The van der Waals surface area contributed by atoms with Gasteiger partial charge in [-0.25, -0.2) is 0 Å². The van der Waals surface area contributed by atoms with E-state index in [0.29, 0.717) is 19.3 Å². The normalized spacial score (nSPS) is 12.5. The van der Waals surface area contributed by atoms with Crippen molar-refractivity contribution < 1.29 is 28.6 Å². The number of carbonyl (C=O) groups excluding carboxylic acids is 3. The van der Waals surface area contributed by atoms with Crippen LogP contribution in [0.15, 0.2) is 72.9 Å². The molecule has 0 aliphatic heterocycles. The summed E-state index contributed by atoms with van der Waals surface area (Å²) in [7, 11) is 0. The molecule has 0 aromatic carbocycles. The standard InChI is InChI=1S/C74H132O6/c1-4-7-10-13-16-19-22-25-27-29-31-33-35-36-37-39-40-42-44-46-49-52-55-58-61-64-67-73(76)79-70-71(69-78-72(75)66-63-60-57-54-51-48-24-21-18-15-12-9-6-3)80-74(77)68-65-62-59-56-53-50-47-45-43-41-38-34-32-30-28-26-23-20-17-14-11-8-5-2/h8,11,17,20,26,28,32,34,41,43,47,50,71H,4-7,9-10,12-16,18-19,21-25,27,29-31,33,35-40,42,44-46,48-49,51-70H2,1-3H3/b11-8-,20-17-,28-26-,34-32-,43-41-,50-47-. The smallest absolute Gasteiger partial charge is 0.306 e. The lowest BCUT2D eigenvalue weighted by Gasteiger charge is -2.18. The monoisotopic (exact) mass is 1120 g/mol. The molecular weight excluding hydrogens is 985 g/mol. The molecule has 0 fully saturated rings. The van der Waals surface area contributed by atoms with E-state index in [0.717, 1.165) is 109 Å². The SMILES string of the molecule is CC/C=C\C/C=C\C/C=C\C/C=C\C/C=C\C/C=C\CCCCCCC(=O)OC(COC(=O)CCCCCCCCCCCCCCC)COC(=O)CCCCCCCCCCCCCCCCCCCCCCCCCCCC. The summed E-state index contributed by atoms with van der Waals surface area (Å²) in [4.78, 5) is 38.4. The molecule has 80 heavy (non-hydrogen) atoms. The van der Waals surface area contributed by atoms with Crippen molar-refractivity contribution in [3.05, 3.63) is 72.9 Å². The lowest BCUT2D eigenvalue weighted by Crippen LogP contribution is -2.30. The molecule has 0 saturated carbocycles. The van der Waals surface area contributed by atoms with Crippen LogP contribution in [0.3, 0.4) is 0 Å². The van der Waals surface area contributed by atoms with E-state index in [-0.39, 0.29) is 31.1 Å². The van der Waals surface area contributed by atoms with Gasteiger partial charge in [0.25, 0.3) is 0 Å². The minimum atomic E-state index is -0.788. The van der Waals surface area contributed by atoms with E-state index in [1.54, 1.807) is 0 Å². The third-order valence-electron chi connectivity index (χ3n) is 15.5. The summed E-state index contributed by atoms with van der Waals surface area (Å²) in [5.74, 6) is -0.885. The minimum absolute atomic E-state index is 0.0813. The van der Waals surface area contributed by atoms with Gasteiger partial charge in [0.2, 0.25) is 0 Å². The van der Waals surface area contributed by atoms with E-state index in [1.165, 1.54) is 212 Å². The fourth-order valence-electron chi connectivity index (χ4n) is 10.3. The van der Waals surface area contributed by atoms with Gasteiger partial charge < -0.3 is 14.2 Å². The molecule has 0 aliphatic carbocycles. The summed E-state index contributed by atoms with van der Waals surface area (Å²) in [6.45, 7) is 6.56. The van der Waals surface area contributed by atoms with Crippen LogP contribution in [-0.4, -0.2) is 37.2 Å². The number of rotatable bonds is 64. The van der Waals surface area contributed by atoms with Crippen LogP contribution >= 0.6 is 0 Å². The summed E-state index contributed by atoms with van der Waals surface area (Å²) in [5, 5.41) is 0. The van der Waals surface area contributed by atoms with Crippen LogP contribution in [0, 0.1) is 0 Å². The molecule has 0 N–H and O–H groups in total. The first-order chi connectivity index (χ1) is 39.5. The Labute approximate surface area is 497 Å². The highest BCUT2D eigenvalue weighted by molar-refractivity contribution is 5.71. The zero-order valence-electron chi connectivity index (χ0n) is 53.3. The van der Waals surface area contributed by atoms with Gasteiger partial charge in [-0.05, 0) is 70.6 Å². The van der Waals surface area contributed by atoms with Crippen molar-refractivity contribution in [3.8, 4) is 0 Å². The maximum Gasteiger partial charge on any atom is 0.306 e. The molecule has 464 valence electrons. The highest BCUT2D eigenvalue weighted by Gasteiger charge is 2.19. The number of hydrogen-bond donors (Lipinski definition) is 0. The van der Waals surface area contributed by atoms with Crippen LogP contribution < -0.4 is 0 Å². The van der Waals surface area contributed by atoms with Gasteiger partial charge >= 0.3 is 17.9 Å². The lowest BCUT2D eigenvalue weighted by atomic mass is 10.0. The Kier molecular flexibility index (Phi) is 65.7. The second-order valence-electron chi connectivity index (χ2n) is 23.4. The van der Waals surface area contributed by atoms with Crippen molar-refractivity contribution in [3.63, 3.8) is 0 Å². The minimum Gasteiger partial charge on any atom is -0.462 e. The molecule has 0 aliphatic rings. The third-order valence-corrected chi connectivity index (χ3v) is 15.5. The van der Waals surface area contributed by atoms with Crippen molar-refractivity contribution in [1.82, 2.24) is 0 Å². The van der Waals surface area contributed by atoms with Crippen molar-refractivity contribution in [2.75, 3.05) is 13.2 Å². The molecule has 0 heterocycles. The van der Waals surface area contributed by atoms with E-state index < -0.39 is 6.10 Å². The van der Waals surface area contributed by atoms with Gasteiger partial charge in [0.15, 0.2) is 6.10 Å². The molecule has 0 bridgehead atoms. The zero-order chi connectivity index (χ0) is 57.8. The number of hydrogen-bond acceptors (Lipinski definition) is 6. The Hall–Kier alpha value is -3.15. The summed E-state index contributed by atoms with van der Waals surface area (Å²) in [5.41, 5.74) is 0. The van der Waals surface area contributed by atoms with Crippen molar-refractivity contribution in [2.24, 2.45) is 0 Å². The number of ether oxygens (including phenoxy) is 3. The molecule has 0 amide bonds. The van der Waals surface area contributed by atoms with Gasteiger partial charge in [0.1, 0.15) is 13.2 Å². The summed E-state index contributed by atoms with van der Waals surface area (Å²) in [6, 6.07) is 0. The summed E-state index contributed by atoms with van der Waals surface area (Å²) in [6.07, 6.45) is 89.3. The molecule has 0 radical (unpaired) electrons. The van der Waals surface area contributed by atoms with E-state index in [1.807, 2.05) is 0 Å². The van der Waals surface area contributed by atoms with Gasteiger partial charge in [-0.15, -0.1) is 0 Å². The van der Waals surface area contributed by atoms with Crippen LogP contribution in [0.2, 0.25) is 0 Å². The second kappa shape index (κ2) is 68.3. The molecule has 0 rings (SSSR count). The Morgan fingerprint density at radius 3 is 0.762 bits per heavy atom. The maximum atomic E-state index is 12.9. The highest BCUT2D eigenvalue weighted by atomic mass is 16.6. The average Bonchev–Trinajstić information content (AvgIpc) is 3.46. The van der Waals surface area contributed by atoms with Crippen LogP contribution in [0.4, 0.5) is 0 Å². The Morgan fingerprint density at radius 1 is 0.263 bits per heavy atom. The molecule has 0 aromatic rings. The molecule has 1 atom stereocenters. The van der Waals surface area contributed by atoms with E-state index in [4.69, 9.17) is 14.2 Å². The largest absolute Gasteiger partial charge is 0.462 e. The number of esters is 3. The topological polar surface area (TPSA) is 78.9 Å². The van der Waals surface area contributed by atoms with Crippen molar-refractivity contribution >= 4 is 17.9 Å². The van der Waals surface area contributed by atoms with Gasteiger partial charge in [-0.1, -0.05) is 344 Å².